The van der Waals surface area contributed by atoms with Crippen LogP contribution < -0.4 is 5.43 Å². The van der Waals surface area contributed by atoms with Crippen LogP contribution in [-0.4, -0.2) is 64.2 Å². The van der Waals surface area contributed by atoms with Crippen molar-refractivity contribution in [2.45, 2.75) is 13.1 Å². The summed E-state index contributed by atoms with van der Waals surface area (Å²) in [6.07, 6.45) is 1.73. The van der Waals surface area contributed by atoms with Crippen LogP contribution in [0.25, 0.3) is 11.0 Å². The summed E-state index contributed by atoms with van der Waals surface area (Å²) in [4.78, 5) is 33.9. The number of nitrogens with zero attached hydrogens (tertiary/aromatic N) is 4. The van der Waals surface area contributed by atoms with E-state index in [1.165, 1.54) is 4.90 Å². The lowest BCUT2D eigenvalue weighted by Gasteiger charge is -2.26. The molecule has 1 amide bonds. The average molecular weight is 428 g/mol. The predicted octanol–water partition coefficient (Wildman–Crippen LogP) is 2.08. The van der Waals surface area contributed by atoms with Crippen LogP contribution in [0.1, 0.15) is 21.6 Å². The minimum absolute atomic E-state index is 0.149. The third-order valence-corrected chi connectivity index (χ3v) is 5.32. The first-order valence-electron chi connectivity index (χ1n) is 9.68. The van der Waals surface area contributed by atoms with Crippen LogP contribution in [0.5, 0.6) is 0 Å². The smallest absolute Gasteiger partial charge is 0.278 e. The monoisotopic (exact) mass is 427 g/mol. The van der Waals surface area contributed by atoms with Crippen molar-refractivity contribution in [1.82, 2.24) is 25.0 Å². The Morgan fingerprint density at radius 3 is 2.70 bits per heavy atom. The largest absolute Gasteiger partial charge is 0.379 e. The second kappa shape index (κ2) is 8.91. The van der Waals surface area contributed by atoms with E-state index >= 15 is 0 Å². The lowest BCUT2D eigenvalue weighted by atomic mass is 10.1. The molecule has 1 aromatic carbocycles. The Labute approximate surface area is 178 Å². The lowest BCUT2D eigenvalue weighted by molar-refractivity contribution is 0.0341. The molecule has 0 unspecified atom stereocenters. The number of morpholine rings is 1. The predicted molar refractivity (Wildman–Crippen MR) is 114 cm³/mol. The van der Waals surface area contributed by atoms with Crippen molar-refractivity contribution in [1.29, 1.82) is 0 Å². The van der Waals surface area contributed by atoms with Gasteiger partial charge in [0.2, 0.25) is 5.43 Å². The average Bonchev–Trinajstić information content (AvgIpc) is 2.76. The number of halogens is 1. The highest BCUT2D eigenvalue weighted by Crippen LogP contribution is 2.13. The number of nitrogens with one attached hydrogen (secondary N) is 1. The summed E-state index contributed by atoms with van der Waals surface area (Å²) in [5, 5.41) is 7.71. The van der Waals surface area contributed by atoms with Gasteiger partial charge in [-0.1, -0.05) is 23.7 Å². The highest BCUT2D eigenvalue weighted by Gasteiger charge is 2.20. The fourth-order valence-electron chi connectivity index (χ4n) is 3.42. The molecule has 3 heterocycles. The number of fused-ring (bicyclic) bond motifs is 1. The number of ether oxygens (including phenoxy) is 1. The molecule has 0 saturated carbocycles. The van der Waals surface area contributed by atoms with E-state index in [0.717, 1.165) is 24.2 Å². The van der Waals surface area contributed by atoms with Crippen molar-refractivity contribution >= 4 is 28.5 Å². The van der Waals surface area contributed by atoms with E-state index in [0.29, 0.717) is 42.4 Å². The van der Waals surface area contributed by atoms with Crippen molar-refractivity contribution in [2.24, 2.45) is 0 Å². The molecule has 4 rings (SSSR count). The van der Waals surface area contributed by atoms with Crippen LogP contribution in [0, 0.1) is 0 Å². The van der Waals surface area contributed by atoms with Crippen molar-refractivity contribution < 1.29 is 9.53 Å². The minimum Gasteiger partial charge on any atom is -0.379 e. The van der Waals surface area contributed by atoms with Gasteiger partial charge in [-0.05, 0) is 29.3 Å². The Hall–Kier alpha value is -2.81. The van der Waals surface area contributed by atoms with E-state index in [1.54, 1.807) is 31.4 Å². The second-order valence-electron chi connectivity index (χ2n) is 7.32. The number of carbonyl (C=O) groups excluding carboxylic acids is 1. The van der Waals surface area contributed by atoms with Crippen LogP contribution >= 0.6 is 11.6 Å². The SMILES string of the molecule is CN(Cc1ccc(Cl)cc1)C(=O)c1n[nH]c2ncc(CN3CCOCC3)cc2c1=O. The summed E-state index contributed by atoms with van der Waals surface area (Å²) in [5.74, 6) is -0.452. The molecule has 0 aliphatic carbocycles. The molecule has 0 radical (unpaired) electrons. The van der Waals surface area contributed by atoms with Gasteiger partial charge in [-0.15, -0.1) is 0 Å². The maximum Gasteiger partial charge on any atom is 0.278 e. The molecule has 3 aromatic rings. The van der Waals surface area contributed by atoms with Crippen LogP contribution in [0.2, 0.25) is 5.02 Å². The van der Waals surface area contributed by atoms with E-state index in [1.807, 2.05) is 12.1 Å². The molecule has 1 aliphatic rings. The molecular formula is C21H22ClN5O3. The third kappa shape index (κ3) is 4.51. The highest BCUT2D eigenvalue weighted by atomic mass is 35.5. The summed E-state index contributed by atoms with van der Waals surface area (Å²) in [6.45, 7) is 4.08. The van der Waals surface area contributed by atoms with Crippen LogP contribution in [-0.2, 0) is 17.8 Å². The van der Waals surface area contributed by atoms with Crippen molar-refractivity contribution in [2.75, 3.05) is 33.4 Å². The summed E-state index contributed by atoms with van der Waals surface area (Å²) in [6, 6.07) is 8.99. The maximum absolute atomic E-state index is 13.0. The molecule has 156 valence electrons. The van der Waals surface area contributed by atoms with Gasteiger partial charge >= 0.3 is 0 Å². The fourth-order valence-corrected chi connectivity index (χ4v) is 3.55. The zero-order valence-electron chi connectivity index (χ0n) is 16.6. The molecule has 1 fully saturated rings. The van der Waals surface area contributed by atoms with E-state index in [2.05, 4.69) is 20.1 Å². The number of hydrogen-bond acceptors (Lipinski definition) is 6. The van der Waals surface area contributed by atoms with E-state index in [-0.39, 0.29) is 5.69 Å². The van der Waals surface area contributed by atoms with Gasteiger partial charge in [0.25, 0.3) is 5.91 Å². The zero-order chi connectivity index (χ0) is 21.1. The first-order chi connectivity index (χ1) is 14.5. The zero-order valence-corrected chi connectivity index (χ0v) is 17.4. The van der Waals surface area contributed by atoms with Crippen molar-refractivity contribution in [3.8, 4) is 0 Å². The molecule has 0 atom stereocenters. The van der Waals surface area contributed by atoms with Gasteiger partial charge in [-0.25, -0.2) is 4.98 Å². The number of aromatic nitrogens is 3. The van der Waals surface area contributed by atoms with Gasteiger partial charge in [0, 0.05) is 44.4 Å². The first-order valence-corrected chi connectivity index (χ1v) is 10.1. The van der Waals surface area contributed by atoms with Crippen LogP contribution in [0.3, 0.4) is 0 Å². The number of amides is 1. The Balaban J connectivity index is 1.57. The number of benzene rings is 1. The molecule has 1 saturated heterocycles. The van der Waals surface area contributed by atoms with Gasteiger partial charge < -0.3 is 9.64 Å². The first kappa shape index (κ1) is 20.5. The number of rotatable bonds is 5. The topological polar surface area (TPSA) is 91.4 Å². The third-order valence-electron chi connectivity index (χ3n) is 5.07. The van der Waals surface area contributed by atoms with Crippen molar-refractivity contribution in [3.63, 3.8) is 0 Å². The second-order valence-corrected chi connectivity index (χ2v) is 7.75. The molecule has 8 nitrogen and oxygen atoms in total. The van der Waals surface area contributed by atoms with E-state index in [9.17, 15) is 9.59 Å². The molecule has 30 heavy (non-hydrogen) atoms. The molecule has 1 aliphatic heterocycles. The lowest BCUT2D eigenvalue weighted by Crippen LogP contribution is -2.35. The highest BCUT2D eigenvalue weighted by molar-refractivity contribution is 6.30. The van der Waals surface area contributed by atoms with Crippen LogP contribution in [0.15, 0.2) is 41.3 Å². The molecular weight excluding hydrogens is 406 g/mol. The van der Waals surface area contributed by atoms with E-state index < -0.39 is 11.3 Å². The van der Waals surface area contributed by atoms with Gasteiger partial charge in [-0.3, -0.25) is 19.6 Å². The Bertz CT molecular complexity index is 1110. The minimum atomic E-state index is -0.452. The van der Waals surface area contributed by atoms with Gasteiger partial charge in [0.15, 0.2) is 11.3 Å². The Kier molecular flexibility index (Phi) is 6.08. The Morgan fingerprint density at radius 2 is 1.97 bits per heavy atom. The normalized spacial score (nSPS) is 14.7. The summed E-state index contributed by atoms with van der Waals surface area (Å²) < 4.78 is 5.37. The summed E-state index contributed by atoms with van der Waals surface area (Å²) >= 11 is 5.91. The maximum atomic E-state index is 13.0. The summed E-state index contributed by atoms with van der Waals surface area (Å²) in [5.41, 5.74) is 1.61. The Morgan fingerprint density at radius 1 is 1.23 bits per heavy atom. The number of H-pyrrole nitrogens is 1. The summed E-state index contributed by atoms with van der Waals surface area (Å²) in [7, 11) is 1.63. The number of pyridine rings is 1. The van der Waals surface area contributed by atoms with Crippen LogP contribution in [0.4, 0.5) is 0 Å². The molecule has 1 N–H and O–H groups in total. The quantitative estimate of drug-likeness (QED) is 0.670. The molecule has 0 bridgehead atoms. The van der Waals surface area contributed by atoms with Crippen molar-refractivity contribution in [3.05, 3.63) is 68.6 Å². The number of aromatic amines is 1. The van der Waals surface area contributed by atoms with E-state index in [4.69, 9.17) is 16.3 Å². The fraction of sp³-hybridized carbons (Fsp3) is 0.333. The van der Waals surface area contributed by atoms with Gasteiger partial charge in [0.05, 0.1) is 18.6 Å². The standard InChI is InChI=1S/C21H22ClN5O3/c1-26(12-14-2-4-16(22)5-3-14)21(29)18-19(28)17-10-15(11-23-20(17)25-24-18)13-27-6-8-30-9-7-27/h2-5,10-11H,6-9,12-13H2,1H3,(H,23,25,28). The van der Waals surface area contributed by atoms with Gasteiger partial charge in [0.1, 0.15) is 0 Å². The molecule has 2 aromatic heterocycles. The molecule has 0 spiro atoms. The van der Waals surface area contributed by atoms with Gasteiger partial charge in [-0.2, -0.15) is 5.10 Å². The number of hydrogen-bond donors (Lipinski definition) is 1. The molecule has 9 heteroatoms. The number of carbonyl (C=O) groups is 1.